The molecular formula is C26H28ClN3O3. The second kappa shape index (κ2) is 10.2. The maximum absolute atomic E-state index is 13.2. The van der Waals surface area contributed by atoms with Crippen LogP contribution in [0.5, 0.6) is 5.75 Å². The number of nitrogens with one attached hydrogen (secondary N) is 1. The molecule has 0 unspecified atom stereocenters. The quantitative estimate of drug-likeness (QED) is 0.508. The number of carbonyl (C=O) groups is 2. The van der Waals surface area contributed by atoms with Gasteiger partial charge in [0.2, 0.25) is 11.8 Å². The number of hydrogen-bond acceptors (Lipinski definition) is 4. The predicted molar refractivity (Wildman–Crippen MR) is 133 cm³/mol. The number of rotatable bonds is 6. The van der Waals surface area contributed by atoms with Crippen LogP contribution in [0.1, 0.15) is 19.8 Å². The second-order valence-corrected chi connectivity index (χ2v) is 8.77. The summed E-state index contributed by atoms with van der Waals surface area (Å²) in [6, 6.07) is 18.7. The zero-order valence-electron chi connectivity index (χ0n) is 18.6. The van der Waals surface area contributed by atoms with Crippen LogP contribution in [-0.4, -0.2) is 48.0 Å². The van der Waals surface area contributed by atoms with E-state index in [9.17, 15) is 14.7 Å². The third kappa shape index (κ3) is 5.29. The molecule has 0 atom stereocenters. The molecule has 1 heterocycles. The van der Waals surface area contributed by atoms with Crippen molar-refractivity contribution in [1.82, 2.24) is 4.90 Å². The molecule has 172 valence electrons. The zero-order valence-corrected chi connectivity index (χ0v) is 19.4. The van der Waals surface area contributed by atoms with E-state index in [1.54, 1.807) is 6.07 Å². The summed E-state index contributed by atoms with van der Waals surface area (Å²) in [5.74, 6) is -0.260. The number of piperidine rings is 1. The van der Waals surface area contributed by atoms with Crippen LogP contribution in [0.25, 0.3) is 10.8 Å². The molecule has 2 N–H and O–H groups in total. The van der Waals surface area contributed by atoms with Crippen LogP contribution in [0.15, 0.2) is 60.7 Å². The molecule has 1 saturated heterocycles. The molecule has 0 aliphatic carbocycles. The fourth-order valence-electron chi connectivity index (χ4n) is 4.40. The monoisotopic (exact) mass is 465 g/mol. The fourth-order valence-corrected chi connectivity index (χ4v) is 4.57. The lowest BCUT2D eigenvalue weighted by atomic mass is 9.95. The Morgan fingerprint density at radius 2 is 1.82 bits per heavy atom. The van der Waals surface area contributed by atoms with Crippen LogP contribution >= 0.6 is 11.6 Å². The number of halogens is 1. The Morgan fingerprint density at radius 3 is 2.58 bits per heavy atom. The minimum Gasteiger partial charge on any atom is -0.506 e. The van der Waals surface area contributed by atoms with Crippen molar-refractivity contribution in [2.45, 2.75) is 19.8 Å². The first-order valence-corrected chi connectivity index (χ1v) is 11.6. The Labute approximate surface area is 198 Å². The molecule has 2 amide bonds. The van der Waals surface area contributed by atoms with Crippen molar-refractivity contribution in [3.63, 3.8) is 0 Å². The molecule has 6 nitrogen and oxygen atoms in total. The lowest BCUT2D eigenvalue weighted by Gasteiger charge is -2.32. The van der Waals surface area contributed by atoms with Gasteiger partial charge in [0.25, 0.3) is 0 Å². The third-order valence-corrected chi connectivity index (χ3v) is 6.44. The first-order chi connectivity index (χ1) is 16.0. The van der Waals surface area contributed by atoms with E-state index in [2.05, 4.69) is 22.3 Å². The average Bonchev–Trinajstić information content (AvgIpc) is 2.82. The average molecular weight is 466 g/mol. The second-order valence-electron chi connectivity index (χ2n) is 8.34. The molecule has 33 heavy (non-hydrogen) atoms. The van der Waals surface area contributed by atoms with Crippen LogP contribution in [0.3, 0.4) is 0 Å². The van der Waals surface area contributed by atoms with Crippen LogP contribution in [-0.2, 0) is 9.59 Å². The van der Waals surface area contributed by atoms with E-state index in [1.165, 1.54) is 12.1 Å². The number of hydrogen-bond donors (Lipinski definition) is 2. The molecule has 0 saturated carbocycles. The topological polar surface area (TPSA) is 72.9 Å². The summed E-state index contributed by atoms with van der Waals surface area (Å²) in [6.07, 6.45) is 1.31. The minimum atomic E-state index is -0.171. The summed E-state index contributed by atoms with van der Waals surface area (Å²) in [6.45, 7) is 4.23. The van der Waals surface area contributed by atoms with Gasteiger partial charge in [-0.1, -0.05) is 48.0 Å². The molecule has 0 radical (unpaired) electrons. The molecule has 1 fully saturated rings. The van der Waals surface area contributed by atoms with Crippen molar-refractivity contribution in [2.75, 3.05) is 36.4 Å². The van der Waals surface area contributed by atoms with Crippen LogP contribution in [0.4, 0.5) is 11.4 Å². The number of aromatic hydroxyl groups is 1. The maximum Gasteiger partial charge on any atom is 0.241 e. The third-order valence-electron chi connectivity index (χ3n) is 6.21. The van der Waals surface area contributed by atoms with Crippen LogP contribution < -0.4 is 10.2 Å². The summed E-state index contributed by atoms with van der Waals surface area (Å²) >= 11 is 5.96. The lowest BCUT2D eigenvalue weighted by Crippen LogP contribution is -2.45. The minimum absolute atomic E-state index is 0.0103. The van der Waals surface area contributed by atoms with Crippen molar-refractivity contribution in [2.24, 2.45) is 5.92 Å². The van der Waals surface area contributed by atoms with Gasteiger partial charge in [0.05, 0.1) is 17.9 Å². The highest BCUT2D eigenvalue weighted by Crippen LogP contribution is 2.29. The molecule has 3 aromatic rings. The number of nitrogens with zero attached hydrogens (tertiary/aromatic N) is 2. The summed E-state index contributed by atoms with van der Waals surface area (Å²) in [5.41, 5.74) is 1.25. The highest BCUT2D eigenvalue weighted by Gasteiger charge is 2.28. The molecule has 0 bridgehead atoms. The highest BCUT2D eigenvalue weighted by atomic mass is 35.5. The number of anilines is 2. The van der Waals surface area contributed by atoms with Gasteiger partial charge < -0.3 is 15.3 Å². The Kier molecular flexibility index (Phi) is 7.16. The van der Waals surface area contributed by atoms with Gasteiger partial charge in [0.1, 0.15) is 5.75 Å². The molecule has 1 aliphatic heterocycles. The van der Waals surface area contributed by atoms with Crippen LogP contribution in [0, 0.1) is 5.92 Å². The Bertz CT molecular complexity index is 1150. The van der Waals surface area contributed by atoms with Gasteiger partial charge in [-0.15, -0.1) is 0 Å². The van der Waals surface area contributed by atoms with Crippen LogP contribution in [0.2, 0.25) is 5.02 Å². The van der Waals surface area contributed by atoms with Gasteiger partial charge in [-0.3, -0.25) is 14.5 Å². The molecule has 1 aliphatic rings. The molecule has 4 rings (SSSR count). The van der Waals surface area contributed by atoms with Crippen molar-refractivity contribution in [3.05, 3.63) is 65.7 Å². The number of fused-ring (bicyclic) bond motifs is 1. The Balaban J connectivity index is 1.35. The summed E-state index contributed by atoms with van der Waals surface area (Å²) in [7, 11) is 0. The molecule has 0 spiro atoms. The van der Waals surface area contributed by atoms with Gasteiger partial charge in [0.15, 0.2) is 0 Å². The maximum atomic E-state index is 13.2. The predicted octanol–water partition coefficient (Wildman–Crippen LogP) is 4.90. The summed E-state index contributed by atoms with van der Waals surface area (Å²) in [4.78, 5) is 29.8. The molecule has 0 aromatic heterocycles. The van der Waals surface area contributed by atoms with Crippen molar-refractivity contribution < 1.29 is 14.7 Å². The smallest absolute Gasteiger partial charge is 0.241 e. The Morgan fingerprint density at radius 1 is 1.09 bits per heavy atom. The molecule has 7 heteroatoms. The number of likely N-dealkylation sites (tertiary alicyclic amines) is 1. The zero-order chi connectivity index (χ0) is 23.4. The van der Waals surface area contributed by atoms with E-state index in [0.717, 1.165) is 16.5 Å². The van der Waals surface area contributed by atoms with E-state index in [4.69, 9.17) is 11.6 Å². The van der Waals surface area contributed by atoms with E-state index in [-0.39, 0.29) is 23.5 Å². The number of benzene rings is 3. The van der Waals surface area contributed by atoms with Crippen molar-refractivity contribution in [3.8, 4) is 5.75 Å². The number of carbonyl (C=O) groups excluding carboxylic acids is 2. The Hall–Kier alpha value is -3.09. The molecule has 3 aromatic carbocycles. The first kappa shape index (κ1) is 23.1. The number of likely N-dealkylation sites (N-methyl/N-ethyl adjacent to an activating group) is 1. The van der Waals surface area contributed by atoms with Gasteiger partial charge in [-0.2, -0.15) is 0 Å². The van der Waals surface area contributed by atoms with Crippen molar-refractivity contribution in [1.29, 1.82) is 0 Å². The van der Waals surface area contributed by atoms with Gasteiger partial charge in [-0.05, 0) is 62.5 Å². The van der Waals surface area contributed by atoms with Gasteiger partial charge in [0, 0.05) is 22.9 Å². The lowest BCUT2D eigenvalue weighted by molar-refractivity contribution is -0.122. The number of phenolic OH excluding ortho intramolecular Hbond substituents is 1. The van der Waals surface area contributed by atoms with E-state index in [0.29, 0.717) is 49.7 Å². The number of phenols is 1. The molecular weight excluding hydrogens is 438 g/mol. The SMILES string of the molecule is CCN(C(=O)CN1CCC(C(=O)Nc2cc(Cl)ccc2O)CC1)c1cccc2ccccc12. The first-order valence-electron chi connectivity index (χ1n) is 11.3. The highest BCUT2D eigenvalue weighted by molar-refractivity contribution is 6.31. The van der Waals surface area contributed by atoms with Crippen molar-refractivity contribution >= 4 is 45.6 Å². The fraction of sp³-hybridized carbons (Fsp3) is 0.308. The van der Waals surface area contributed by atoms with E-state index >= 15 is 0 Å². The van der Waals surface area contributed by atoms with Gasteiger partial charge in [-0.25, -0.2) is 0 Å². The summed E-state index contributed by atoms with van der Waals surface area (Å²) in [5, 5.41) is 15.3. The summed E-state index contributed by atoms with van der Waals surface area (Å²) < 4.78 is 0. The van der Waals surface area contributed by atoms with E-state index in [1.807, 2.05) is 42.2 Å². The standard InChI is InChI=1S/C26H28ClN3O3/c1-2-30(23-9-5-7-18-6-3-4-8-21(18)23)25(32)17-29-14-12-19(13-15-29)26(33)28-22-16-20(27)10-11-24(22)31/h3-11,16,19,31H,2,12-15,17H2,1H3,(H,28,33). The number of amides is 2. The normalized spacial score (nSPS) is 14.8. The van der Waals surface area contributed by atoms with Gasteiger partial charge >= 0.3 is 0 Å². The largest absolute Gasteiger partial charge is 0.506 e. The van der Waals surface area contributed by atoms with E-state index < -0.39 is 0 Å².